The topological polar surface area (TPSA) is 84.0 Å². The van der Waals surface area contributed by atoms with Crippen LogP contribution in [0.25, 0.3) is 22.3 Å². The Balaban J connectivity index is 1.40. The Morgan fingerprint density at radius 2 is 2.03 bits per heavy atom. The van der Waals surface area contributed by atoms with Gasteiger partial charge in [0.2, 0.25) is 5.82 Å². The molecular weight excluding hydrogens is 402 g/mol. The zero-order valence-corrected chi connectivity index (χ0v) is 19.0. The van der Waals surface area contributed by atoms with Crippen LogP contribution in [0, 0.1) is 24.2 Å². The van der Waals surface area contributed by atoms with E-state index in [-0.39, 0.29) is 11.6 Å². The summed E-state index contributed by atoms with van der Waals surface area (Å²) in [7, 11) is 1.91. The molecule has 0 N–H and O–H groups in total. The minimum Gasteiger partial charge on any atom is -0.493 e. The van der Waals surface area contributed by atoms with Crippen LogP contribution in [0.15, 0.2) is 30.5 Å². The summed E-state index contributed by atoms with van der Waals surface area (Å²) in [5, 5.41) is 10.3. The Hall–Kier alpha value is -3.24. The summed E-state index contributed by atoms with van der Waals surface area (Å²) in [6, 6.07) is 10.1. The molecule has 0 amide bonds. The minimum absolute atomic E-state index is 0.168. The van der Waals surface area contributed by atoms with Gasteiger partial charge in [0.05, 0.1) is 18.8 Å². The number of hydrogen-bond donors (Lipinski definition) is 0. The van der Waals surface area contributed by atoms with Crippen molar-refractivity contribution >= 4 is 16.8 Å². The number of aromatic nitrogens is 3. The van der Waals surface area contributed by atoms with Crippen LogP contribution in [0.1, 0.15) is 37.6 Å². The average Bonchev–Trinajstić information content (AvgIpc) is 3.15. The van der Waals surface area contributed by atoms with E-state index in [2.05, 4.69) is 27.0 Å². The molecule has 7 heteroatoms. The number of ether oxygens (including phenoxy) is 1. The van der Waals surface area contributed by atoms with Crippen molar-refractivity contribution in [3.8, 4) is 23.1 Å². The van der Waals surface area contributed by atoms with Gasteiger partial charge in [-0.2, -0.15) is 5.26 Å². The second-order valence-corrected chi connectivity index (χ2v) is 8.71. The fourth-order valence-corrected chi connectivity index (χ4v) is 4.45. The van der Waals surface area contributed by atoms with E-state index in [1.807, 2.05) is 42.9 Å². The minimum atomic E-state index is 0.168. The maximum Gasteiger partial charge on any atom is 0.234 e. The zero-order chi connectivity index (χ0) is 22.7. The van der Waals surface area contributed by atoms with Gasteiger partial charge in [-0.05, 0) is 81.9 Å². The van der Waals surface area contributed by atoms with Crippen molar-refractivity contribution in [1.82, 2.24) is 19.4 Å². The van der Waals surface area contributed by atoms with E-state index >= 15 is 0 Å². The molecule has 0 radical (unpaired) electrons. The SMILES string of the molecule is CC(=O)CN1CCC(CCOc2ccc(-c3nc(C#N)nc4c3ccn4C)cc2C)CC1. The first-order valence-corrected chi connectivity index (χ1v) is 11.1. The lowest BCUT2D eigenvalue weighted by Gasteiger charge is -2.31. The van der Waals surface area contributed by atoms with Crippen molar-refractivity contribution in [3.05, 3.63) is 41.9 Å². The molecule has 1 aliphatic heterocycles. The van der Waals surface area contributed by atoms with Crippen molar-refractivity contribution in [2.75, 3.05) is 26.2 Å². The van der Waals surface area contributed by atoms with Crippen LogP contribution in [0.5, 0.6) is 5.75 Å². The summed E-state index contributed by atoms with van der Waals surface area (Å²) in [5.74, 6) is 1.93. The Morgan fingerprint density at radius 1 is 1.25 bits per heavy atom. The third kappa shape index (κ3) is 4.81. The van der Waals surface area contributed by atoms with E-state index in [9.17, 15) is 10.1 Å². The molecule has 7 nitrogen and oxygen atoms in total. The van der Waals surface area contributed by atoms with E-state index < -0.39 is 0 Å². The van der Waals surface area contributed by atoms with E-state index in [4.69, 9.17) is 4.74 Å². The smallest absolute Gasteiger partial charge is 0.234 e. The lowest BCUT2D eigenvalue weighted by Crippen LogP contribution is -2.37. The van der Waals surface area contributed by atoms with E-state index in [0.29, 0.717) is 19.1 Å². The maximum absolute atomic E-state index is 11.3. The van der Waals surface area contributed by atoms with Gasteiger partial charge < -0.3 is 9.30 Å². The van der Waals surface area contributed by atoms with Gasteiger partial charge in [-0.15, -0.1) is 0 Å². The van der Waals surface area contributed by atoms with Crippen LogP contribution in [0.4, 0.5) is 0 Å². The van der Waals surface area contributed by atoms with Crippen molar-refractivity contribution in [3.63, 3.8) is 0 Å². The van der Waals surface area contributed by atoms with E-state index in [1.54, 1.807) is 6.92 Å². The van der Waals surface area contributed by atoms with Crippen LogP contribution < -0.4 is 4.74 Å². The van der Waals surface area contributed by atoms with Crippen LogP contribution >= 0.6 is 0 Å². The molecule has 1 aromatic carbocycles. The molecule has 0 atom stereocenters. The summed E-state index contributed by atoms with van der Waals surface area (Å²) < 4.78 is 8.00. The van der Waals surface area contributed by atoms with Gasteiger partial charge >= 0.3 is 0 Å². The van der Waals surface area contributed by atoms with Gasteiger partial charge in [0.25, 0.3) is 0 Å². The lowest BCUT2D eigenvalue weighted by atomic mass is 9.94. The fourth-order valence-electron chi connectivity index (χ4n) is 4.45. The third-order valence-electron chi connectivity index (χ3n) is 6.21. The first kappa shape index (κ1) is 22.0. The largest absolute Gasteiger partial charge is 0.493 e. The molecule has 3 heterocycles. The molecule has 4 rings (SSSR count). The molecule has 0 unspecified atom stereocenters. The normalized spacial score (nSPS) is 15.1. The van der Waals surface area contributed by atoms with Crippen molar-refractivity contribution in [2.24, 2.45) is 13.0 Å². The Morgan fingerprint density at radius 3 is 2.72 bits per heavy atom. The molecule has 1 fully saturated rings. The molecule has 2 aromatic heterocycles. The van der Waals surface area contributed by atoms with E-state index in [0.717, 1.165) is 66.0 Å². The van der Waals surface area contributed by atoms with Gasteiger partial charge in [0.15, 0.2) is 0 Å². The summed E-state index contributed by atoms with van der Waals surface area (Å²) >= 11 is 0. The number of ketones is 1. The molecule has 0 bridgehead atoms. The van der Waals surface area contributed by atoms with Crippen molar-refractivity contribution < 1.29 is 9.53 Å². The average molecular weight is 432 g/mol. The second-order valence-electron chi connectivity index (χ2n) is 8.71. The number of carbonyl (C=O) groups excluding carboxylic acids is 1. The van der Waals surface area contributed by atoms with Gasteiger partial charge in [-0.25, -0.2) is 9.97 Å². The zero-order valence-electron chi connectivity index (χ0n) is 19.0. The number of nitrogens with zero attached hydrogens (tertiary/aromatic N) is 5. The first-order chi connectivity index (χ1) is 15.4. The number of Topliss-reactive ketones (excluding diaryl/α,β-unsaturated/α-hetero) is 1. The molecule has 0 aliphatic carbocycles. The van der Waals surface area contributed by atoms with Crippen LogP contribution in [0.3, 0.4) is 0 Å². The highest BCUT2D eigenvalue weighted by atomic mass is 16.5. The van der Waals surface area contributed by atoms with Crippen LogP contribution in [-0.4, -0.2) is 51.5 Å². The van der Waals surface area contributed by atoms with Gasteiger partial charge in [0.1, 0.15) is 23.2 Å². The summed E-state index contributed by atoms with van der Waals surface area (Å²) in [5.41, 5.74) is 3.50. The first-order valence-electron chi connectivity index (χ1n) is 11.1. The number of rotatable bonds is 7. The highest BCUT2D eigenvalue weighted by Gasteiger charge is 2.20. The molecular formula is C25H29N5O2. The molecule has 1 saturated heterocycles. The number of likely N-dealkylation sites (tertiary alicyclic amines) is 1. The molecule has 1 aliphatic rings. The van der Waals surface area contributed by atoms with Gasteiger partial charge in [-0.1, -0.05) is 0 Å². The number of aryl methyl sites for hydroxylation is 2. The monoisotopic (exact) mass is 431 g/mol. The van der Waals surface area contributed by atoms with Crippen molar-refractivity contribution in [2.45, 2.75) is 33.1 Å². The summed E-state index contributed by atoms with van der Waals surface area (Å²) in [6.07, 6.45) is 5.20. The highest BCUT2D eigenvalue weighted by Crippen LogP contribution is 2.30. The highest BCUT2D eigenvalue weighted by molar-refractivity contribution is 5.91. The van der Waals surface area contributed by atoms with Crippen LogP contribution in [-0.2, 0) is 11.8 Å². The Kier molecular flexibility index (Phi) is 6.52. The van der Waals surface area contributed by atoms with Gasteiger partial charge in [0, 0.05) is 24.2 Å². The second kappa shape index (κ2) is 9.49. The Bertz CT molecular complexity index is 1170. The number of carbonyl (C=O) groups is 1. The van der Waals surface area contributed by atoms with E-state index in [1.165, 1.54) is 0 Å². The molecule has 3 aromatic rings. The van der Waals surface area contributed by atoms with Gasteiger partial charge in [-0.3, -0.25) is 9.69 Å². The number of piperidine rings is 1. The standard InChI is InChI=1S/C25H29N5O2/c1-17-14-20(24-21-8-10-29(3)25(21)28-23(15-26)27-24)4-5-22(17)32-13-9-19-6-11-30(12-7-19)16-18(2)31/h4-5,8,10,14,19H,6-7,9,11-13,16H2,1-3H3. The predicted octanol–water partition coefficient (Wildman–Crippen LogP) is 3.89. The quantitative estimate of drug-likeness (QED) is 0.564. The number of hydrogen-bond acceptors (Lipinski definition) is 6. The Labute approximate surface area is 188 Å². The van der Waals surface area contributed by atoms with Crippen molar-refractivity contribution in [1.29, 1.82) is 5.26 Å². The molecule has 0 spiro atoms. The lowest BCUT2D eigenvalue weighted by molar-refractivity contribution is -0.118. The number of nitriles is 1. The third-order valence-corrected chi connectivity index (χ3v) is 6.21. The molecule has 32 heavy (non-hydrogen) atoms. The summed E-state index contributed by atoms with van der Waals surface area (Å²) in [6.45, 7) is 6.95. The maximum atomic E-state index is 11.3. The fraction of sp³-hybridized carbons (Fsp3) is 0.440. The number of fused-ring (bicyclic) bond motifs is 1. The molecule has 166 valence electrons. The summed E-state index contributed by atoms with van der Waals surface area (Å²) in [4.78, 5) is 22.3. The number of benzene rings is 1. The van der Waals surface area contributed by atoms with Crippen LogP contribution in [0.2, 0.25) is 0 Å². The predicted molar refractivity (Wildman–Crippen MR) is 123 cm³/mol. The molecule has 0 saturated carbocycles.